The molecule has 0 atom stereocenters. The number of amides is 1. The van der Waals surface area contributed by atoms with Gasteiger partial charge in [0.25, 0.3) is 5.56 Å². The van der Waals surface area contributed by atoms with Crippen molar-refractivity contribution in [3.8, 4) is 16.9 Å². The van der Waals surface area contributed by atoms with Gasteiger partial charge < -0.3 is 19.4 Å². The normalized spacial score (nSPS) is 11.1. The zero-order chi connectivity index (χ0) is 29.1. The van der Waals surface area contributed by atoms with E-state index in [0.717, 1.165) is 58.2 Å². The van der Waals surface area contributed by atoms with E-state index in [1.165, 1.54) is 4.88 Å². The van der Waals surface area contributed by atoms with Crippen LogP contribution >= 0.6 is 11.3 Å². The van der Waals surface area contributed by atoms with Crippen LogP contribution in [0.4, 0.5) is 4.79 Å². The van der Waals surface area contributed by atoms with Gasteiger partial charge in [0.05, 0.1) is 5.39 Å². The largest absolute Gasteiger partial charge is 0.489 e. The lowest BCUT2D eigenvalue weighted by molar-refractivity contribution is 0.0528. The topological polar surface area (TPSA) is 69.6 Å². The van der Waals surface area contributed by atoms with E-state index in [9.17, 15) is 9.59 Å². The van der Waals surface area contributed by atoms with Gasteiger partial charge in [-0.15, -0.1) is 11.3 Å². The maximum atomic E-state index is 12.7. The molecule has 40 heavy (non-hydrogen) atoms. The Balaban J connectivity index is 0.000000342. The third-order valence-corrected chi connectivity index (χ3v) is 7.22. The third-order valence-electron chi connectivity index (χ3n) is 5.99. The van der Waals surface area contributed by atoms with Gasteiger partial charge >= 0.3 is 6.09 Å². The number of alkyl carbamates (subject to hydrolysis) is 1. The highest BCUT2D eigenvalue weighted by molar-refractivity contribution is 7.19. The number of hydrogen-bond acceptors (Lipinski definition) is 5. The Hall–Kier alpha value is -3.58. The molecule has 0 saturated heterocycles. The minimum absolute atomic E-state index is 0.0687. The number of carbonyl (C=O) groups is 1. The molecule has 0 radical (unpaired) electrons. The summed E-state index contributed by atoms with van der Waals surface area (Å²) < 4.78 is 13.8. The van der Waals surface area contributed by atoms with Crippen LogP contribution in [0.25, 0.3) is 21.2 Å². The number of carbonyl (C=O) groups excluding carboxylic acids is 1. The third kappa shape index (κ3) is 9.26. The first kappa shape index (κ1) is 31.0. The molecular formula is C33H42N2O4S. The molecule has 1 N–H and O–H groups in total. The van der Waals surface area contributed by atoms with E-state index in [1.54, 1.807) is 15.9 Å². The summed E-state index contributed by atoms with van der Waals surface area (Å²) in [5, 5.41) is 3.44. The predicted octanol–water partition coefficient (Wildman–Crippen LogP) is 8.11. The first-order valence-corrected chi connectivity index (χ1v) is 14.8. The molecule has 2 aromatic carbocycles. The number of nitrogens with one attached hydrogen (secondary N) is 1. The van der Waals surface area contributed by atoms with Crippen LogP contribution in [-0.2, 0) is 24.8 Å². The van der Waals surface area contributed by atoms with Crippen LogP contribution in [-0.4, -0.2) is 22.8 Å². The molecule has 2 heterocycles. The molecular weight excluding hydrogens is 520 g/mol. The van der Waals surface area contributed by atoms with Crippen molar-refractivity contribution in [1.29, 1.82) is 0 Å². The summed E-state index contributed by atoms with van der Waals surface area (Å²) in [4.78, 5) is 24.8. The molecule has 2 aromatic heterocycles. The summed E-state index contributed by atoms with van der Waals surface area (Å²) in [7, 11) is 1.82. The number of ether oxygens (including phenoxy) is 2. The average Bonchev–Trinajstić information content (AvgIpc) is 3.36. The monoisotopic (exact) mass is 562 g/mol. The second-order valence-electron chi connectivity index (χ2n) is 10.7. The highest BCUT2D eigenvalue weighted by Crippen LogP contribution is 2.35. The summed E-state index contributed by atoms with van der Waals surface area (Å²) in [6.45, 7) is 10.9. The SMILES string of the molecule is CCCCc1cc2c(=O)n(C)cc(-c3cccc(OCc4ccccc4)c3)c2s1.CCCNC(=O)OC(C)(C)C. The van der Waals surface area contributed by atoms with E-state index in [-0.39, 0.29) is 11.7 Å². The van der Waals surface area contributed by atoms with Gasteiger partial charge in [0.2, 0.25) is 0 Å². The highest BCUT2D eigenvalue weighted by Gasteiger charge is 2.15. The molecule has 4 rings (SSSR count). The molecule has 0 unspecified atom stereocenters. The van der Waals surface area contributed by atoms with E-state index in [2.05, 4.69) is 42.6 Å². The standard InChI is InChI=1S/C25H25NO2S.C8H17NO2/c1-3-4-13-21-15-22-24(29-21)23(16-26(2)25(22)27)19-11-8-12-20(14-19)28-17-18-9-6-5-7-10-18;1-5-6-9-7(10)11-8(2,3)4/h5-12,14-16H,3-4,13,17H2,1-2H3;5-6H2,1-4H3,(H,9,10). The molecule has 0 bridgehead atoms. The van der Waals surface area contributed by atoms with Gasteiger partial charge in [0.1, 0.15) is 18.0 Å². The maximum absolute atomic E-state index is 12.7. The van der Waals surface area contributed by atoms with Crippen molar-refractivity contribution in [2.75, 3.05) is 6.54 Å². The summed E-state index contributed by atoms with van der Waals surface area (Å²) in [6.07, 6.45) is 5.86. The highest BCUT2D eigenvalue weighted by atomic mass is 32.1. The number of aromatic nitrogens is 1. The van der Waals surface area contributed by atoms with Crippen molar-refractivity contribution in [2.45, 2.75) is 72.5 Å². The second kappa shape index (κ2) is 14.7. The number of nitrogens with zero attached hydrogens (tertiary/aromatic N) is 1. The molecule has 4 aromatic rings. The summed E-state index contributed by atoms with van der Waals surface area (Å²) >= 11 is 1.74. The summed E-state index contributed by atoms with van der Waals surface area (Å²) in [5.41, 5.74) is 2.97. The number of thiophene rings is 1. The van der Waals surface area contributed by atoms with Crippen molar-refractivity contribution in [3.05, 3.63) is 87.7 Å². The Morgan fingerprint density at radius 3 is 2.42 bits per heavy atom. The number of rotatable bonds is 9. The number of pyridine rings is 1. The summed E-state index contributed by atoms with van der Waals surface area (Å²) in [5.74, 6) is 0.830. The predicted molar refractivity (Wildman–Crippen MR) is 166 cm³/mol. The van der Waals surface area contributed by atoms with Crippen molar-refractivity contribution in [2.24, 2.45) is 7.05 Å². The average molecular weight is 563 g/mol. The number of aryl methyl sites for hydroxylation is 2. The maximum Gasteiger partial charge on any atom is 0.407 e. The first-order valence-electron chi connectivity index (χ1n) is 14.0. The molecule has 0 aliphatic carbocycles. The van der Waals surface area contributed by atoms with E-state index in [0.29, 0.717) is 13.2 Å². The zero-order valence-corrected chi connectivity index (χ0v) is 25.4. The minimum atomic E-state index is -0.391. The molecule has 0 spiro atoms. The van der Waals surface area contributed by atoms with E-state index >= 15 is 0 Å². The van der Waals surface area contributed by atoms with E-state index < -0.39 is 5.60 Å². The lowest BCUT2D eigenvalue weighted by atomic mass is 10.1. The molecule has 6 nitrogen and oxygen atoms in total. The van der Waals surface area contributed by atoms with Gasteiger partial charge in [-0.05, 0) is 69.4 Å². The van der Waals surface area contributed by atoms with Gasteiger partial charge in [-0.25, -0.2) is 4.79 Å². The quantitative estimate of drug-likeness (QED) is 0.224. The molecule has 0 fully saturated rings. The fourth-order valence-electron chi connectivity index (χ4n) is 4.02. The van der Waals surface area contributed by atoms with Gasteiger partial charge in [0, 0.05) is 34.9 Å². The summed E-state index contributed by atoms with van der Waals surface area (Å²) in [6, 6.07) is 20.4. The first-order chi connectivity index (χ1) is 19.1. The van der Waals surface area contributed by atoms with Crippen molar-refractivity contribution >= 4 is 27.5 Å². The smallest absolute Gasteiger partial charge is 0.407 e. The van der Waals surface area contributed by atoms with Gasteiger partial charge in [-0.1, -0.05) is 62.7 Å². The number of fused-ring (bicyclic) bond motifs is 1. The van der Waals surface area contributed by atoms with Gasteiger partial charge in [-0.2, -0.15) is 0 Å². The Labute approximate surface area is 242 Å². The van der Waals surface area contributed by atoms with Gasteiger partial charge in [-0.3, -0.25) is 4.79 Å². The van der Waals surface area contributed by atoms with Crippen molar-refractivity contribution < 1.29 is 14.3 Å². The van der Waals surface area contributed by atoms with Crippen LogP contribution in [0.3, 0.4) is 0 Å². The fourth-order valence-corrected chi connectivity index (χ4v) is 5.24. The molecule has 7 heteroatoms. The number of benzene rings is 2. The van der Waals surface area contributed by atoms with Crippen LogP contribution in [0, 0.1) is 0 Å². The molecule has 0 saturated carbocycles. The number of unbranched alkanes of at least 4 members (excludes halogenated alkanes) is 1. The Morgan fingerprint density at radius 2 is 1.75 bits per heavy atom. The minimum Gasteiger partial charge on any atom is -0.489 e. The second-order valence-corrected chi connectivity index (χ2v) is 11.9. The Kier molecular flexibility index (Phi) is 11.4. The van der Waals surface area contributed by atoms with E-state index in [4.69, 9.17) is 9.47 Å². The van der Waals surface area contributed by atoms with Crippen molar-refractivity contribution in [3.63, 3.8) is 0 Å². The van der Waals surface area contributed by atoms with Gasteiger partial charge in [0.15, 0.2) is 0 Å². The number of hydrogen-bond donors (Lipinski definition) is 1. The molecule has 1 amide bonds. The lowest BCUT2D eigenvalue weighted by Gasteiger charge is -2.19. The van der Waals surface area contributed by atoms with Crippen LogP contribution in [0.2, 0.25) is 0 Å². The van der Waals surface area contributed by atoms with Crippen LogP contribution in [0.1, 0.15) is 64.3 Å². The van der Waals surface area contributed by atoms with Crippen LogP contribution in [0.5, 0.6) is 5.75 Å². The Bertz CT molecular complexity index is 1430. The molecule has 214 valence electrons. The fraction of sp³-hybridized carbons (Fsp3) is 0.394. The molecule has 0 aliphatic rings. The van der Waals surface area contributed by atoms with Crippen LogP contribution < -0.4 is 15.6 Å². The Morgan fingerprint density at radius 1 is 1.00 bits per heavy atom. The zero-order valence-electron chi connectivity index (χ0n) is 24.6. The lowest BCUT2D eigenvalue weighted by Crippen LogP contribution is -2.32. The molecule has 0 aliphatic heterocycles. The van der Waals surface area contributed by atoms with E-state index in [1.807, 2.05) is 71.3 Å². The van der Waals surface area contributed by atoms with Crippen molar-refractivity contribution in [1.82, 2.24) is 9.88 Å². The van der Waals surface area contributed by atoms with Crippen LogP contribution in [0.15, 0.2) is 71.7 Å².